The molecule has 3 fully saturated rings. The van der Waals surface area contributed by atoms with Gasteiger partial charge in [-0.2, -0.15) is 4.31 Å². The third-order valence-corrected chi connectivity index (χ3v) is 8.36. The zero-order valence-corrected chi connectivity index (χ0v) is 15.9. The van der Waals surface area contributed by atoms with Gasteiger partial charge >= 0.3 is 0 Å². The number of nitrogens with zero attached hydrogens (tertiary/aromatic N) is 2. The van der Waals surface area contributed by atoms with Gasteiger partial charge in [0.05, 0.1) is 0 Å². The Morgan fingerprint density at radius 3 is 2.41 bits per heavy atom. The molecule has 1 aromatic rings. The molecule has 0 spiro atoms. The Hall–Kier alpha value is -1.54. The second-order valence-corrected chi connectivity index (χ2v) is 9.91. The van der Waals surface area contributed by atoms with Gasteiger partial charge < -0.3 is 4.90 Å². The van der Waals surface area contributed by atoms with E-state index in [1.807, 2.05) is 0 Å². The highest BCUT2D eigenvalue weighted by Gasteiger charge is 2.41. The van der Waals surface area contributed by atoms with Crippen LogP contribution in [0.15, 0.2) is 23.1 Å². The number of hydrogen-bond acceptors (Lipinski definition) is 3. The Kier molecular flexibility index (Phi) is 4.96. The lowest BCUT2D eigenvalue weighted by molar-refractivity contribution is -0.133. The molecule has 1 aliphatic heterocycles. The maximum absolute atomic E-state index is 13.9. The maximum atomic E-state index is 13.9. The van der Waals surface area contributed by atoms with E-state index in [0.717, 1.165) is 24.5 Å². The lowest BCUT2D eigenvalue weighted by Crippen LogP contribution is -2.51. The number of benzene rings is 1. The summed E-state index contributed by atoms with van der Waals surface area (Å²) in [6.45, 7) is 0.868. The number of hydrogen-bond donors (Lipinski definition) is 0. The Labute approximate surface area is 158 Å². The minimum absolute atomic E-state index is 0.0950. The fourth-order valence-corrected chi connectivity index (χ4v) is 6.45. The number of carbonyl (C=O) groups is 1. The summed E-state index contributed by atoms with van der Waals surface area (Å²) in [7, 11) is -4.03. The predicted molar refractivity (Wildman–Crippen MR) is 95.3 cm³/mol. The molecule has 0 N–H and O–H groups in total. The third-order valence-electron chi connectivity index (χ3n) is 6.42. The summed E-state index contributed by atoms with van der Waals surface area (Å²) < 4.78 is 53.4. The molecule has 2 saturated carbocycles. The van der Waals surface area contributed by atoms with Crippen LogP contribution in [0.5, 0.6) is 0 Å². The smallest absolute Gasteiger partial charge is 0.246 e. The highest BCUT2D eigenvalue weighted by Crippen LogP contribution is 2.49. The first-order valence-electron chi connectivity index (χ1n) is 9.57. The van der Waals surface area contributed by atoms with Crippen LogP contribution in [0.25, 0.3) is 0 Å². The molecule has 3 atom stereocenters. The zero-order chi connectivity index (χ0) is 19.2. The topological polar surface area (TPSA) is 57.7 Å². The van der Waals surface area contributed by atoms with Crippen LogP contribution >= 0.6 is 0 Å². The highest BCUT2D eigenvalue weighted by atomic mass is 32.2. The molecular weight excluding hydrogens is 374 g/mol. The molecule has 2 bridgehead atoms. The van der Waals surface area contributed by atoms with Gasteiger partial charge in [0.1, 0.15) is 16.5 Å². The summed E-state index contributed by atoms with van der Waals surface area (Å²) in [5.41, 5.74) is 0. The van der Waals surface area contributed by atoms with Crippen molar-refractivity contribution in [2.24, 2.45) is 17.8 Å². The minimum Gasteiger partial charge on any atom is -0.340 e. The molecule has 0 radical (unpaired) electrons. The van der Waals surface area contributed by atoms with Gasteiger partial charge in [0, 0.05) is 38.7 Å². The predicted octanol–water partition coefficient (Wildman–Crippen LogP) is 2.62. The Morgan fingerprint density at radius 1 is 1.07 bits per heavy atom. The van der Waals surface area contributed by atoms with Crippen molar-refractivity contribution in [1.29, 1.82) is 0 Å². The Bertz CT molecular complexity index is 837. The van der Waals surface area contributed by atoms with Crippen LogP contribution in [0.2, 0.25) is 0 Å². The van der Waals surface area contributed by atoms with Gasteiger partial charge in [0.15, 0.2) is 0 Å². The van der Waals surface area contributed by atoms with E-state index in [4.69, 9.17) is 0 Å². The van der Waals surface area contributed by atoms with Crippen LogP contribution in [0, 0.1) is 29.4 Å². The lowest BCUT2D eigenvalue weighted by Gasteiger charge is -2.35. The van der Waals surface area contributed by atoms with Crippen LogP contribution in [-0.4, -0.2) is 49.7 Å². The van der Waals surface area contributed by atoms with E-state index >= 15 is 0 Å². The first-order valence-corrected chi connectivity index (χ1v) is 11.0. The van der Waals surface area contributed by atoms with Crippen LogP contribution in [0.4, 0.5) is 8.78 Å². The van der Waals surface area contributed by atoms with Crippen molar-refractivity contribution in [3.05, 3.63) is 29.8 Å². The van der Waals surface area contributed by atoms with Gasteiger partial charge in [-0.05, 0) is 49.1 Å². The van der Waals surface area contributed by atoms with Crippen molar-refractivity contribution in [2.75, 3.05) is 26.2 Å². The molecule has 1 saturated heterocycles. The number of piperazine rings is 1. The molecule has 3 aliphatic rings. The van der Waals surface area contributed by atoms with Crippen molar-refractivity contribution in [2.45, 2.75) is 37.0 Å². The molecule has 148 valence electrons. The number of halogens is 2. The molecule has 1 aromatic carbocycles. The molecule has 1 amide bonds. The van der Waals surface area contributed by atoms with Crippen LogP contribution in [-0.2, 0) is 14.8 Å². The van der Waals surface area contributed by atoms with E-state index in [0.29, 0.717) is 37.4 Å². The van der Waals surface area contributed by atoms with E-state index in [-0.39, 0.29) is 19.0 Å². The van der Waals surface area contributed by atoms with Crippen LogP contribution in [0.3, 0.4) is 0 Å². The van der Waals surface area contributed by atoms with E-state index in [9.17, 15) is 22.0 Å². The van der Waals surface area contributed by atoms with E-state index < -0.39 is 26.6 Å². The zero-order valence-electron chi connectivity index (χ0n) is 15.1. The van der Waals surface area contributed by atoms with Gasteiger partial charge in [-0.3, -0.25) is 4.79 Å². The first kappa shape index (κ1) is 18.8. The molecule has 0 unspecified atom stereocenters. The van der Waals surface area contributed by atoms with Crippen molar-refractivity contribution in [3.8, 4) is 0 Å². The van der Waals surface area contributed by atoms with Crippen LogP contribution < -0.4 is 0 Å². The largest absolute Gasteiger partial charge is 0.340 e. The second-order valence-electron chi connectivity index (χ2n) is 8.00. The summed E-state index contributed by atoms with van der Waals surface area (Å²) in [5.74, 6) is 0.138. The molecule has 4 rings (SSSR count). The van der Waals surface area contributed by atoms with Gasteiger partial charge in [-0.25, -0.2) is 17.2 Å². The summed E-state index contributed by atoms with van der Waals surface area (Å²) >= 11 is 0. The number of fused-ring (bicyclic) bond motifs is 2. The van der Waals surface area contributed by atoms with Gasteiger partial charge in [0.2, 0.25) is 15.9 Å². The SMILES string of the molecule is O=C(C[C@H]1C[C@H]2CC[C@@H]1C2)N1CCN(S(=O)(=O)c2ccc(F)cc2F)CC1. The van der Waals surface area contributed by atoms with Gasteiger partial charge in [-0.1, -0.05) is 6.42 Å². The molecule has 0 aromatic heterocycles. The number of rotatable bonds is 4. The Morgan fingerprint density at radius 2 is 1.81 bits per heavy atom. The Balaban J connectivity index is 1.36. The first-order chi connectivity index (χ1) is 12.8. The molecule has 2 aliphatic carbocycles. The fourth-order valence-electron chi connectivity index (χ4n) is 4.98. The van der Waals surface area contributed by atoms with Crippen LogP contribution in [0.1, 0.15) is 32.1 Å². The number of amides is 1. The van der Waals surface area contributed by atoms with Gasteiger partial charge in [0.25, 0.3) is 0 Å². The normalized spacial score (nSPS) is 28.7. The number of carbonyl (C=O) groups excluding carboxylic acids is 1. The van der Waals surface area contributed by atoms with Gasteiger partial charge in [-0.15, -0.1) is 0 Å². The van der Waals surface area contributed by atoms with E-state index in [2.05, 4.69) is 0 Å². The van der Waals surface area contributed by atoms with Crippen molar-refractivity contribution in [3.63, 3.8) is 0 Å². The summed E-state index contributed by atoms with van der Waals surface area (Å²) in [4.78, 5) is 13.8. The third kappa shape index (κ3) is 3.61. The van der Waals surface area contributed by atoms with E-state index in [1.54, 1.807) is 4.90 Å². The number of sulfonamides is 1. The fraction of sp³-hybridized carbons (Fsp3) is 0.632. The average molecular weight is 398 g/mol. The van der Waals surface area contributed by atoms with E-state index in [1.165, 1.54) is 23.6 Å². The molecule has 1 heterocycles. The molecular formula is C19H24F2N2O3S. The van der Waals surface area contributed by atoms with Crippen molar-refractivity contribution >= 4 is 15.9 Å². The van der Waals surface area contributed by atoms with Crippen molar-refractivity contribution in [1.82, 2.24) is 9.21 Å². The van der Waals surface area contributed by atoms with Crippen molar-refractivity contribution < 1.29 is 22.0 Å². The minimum atomic E-state index is -4.03. The highest BCUT2D eigenvalue weighted by molar-refractivity contribution is 7.89. The molecule has 8 heteroatoms. The molecule has 27 heavy (non-hydrogen) atoms. The average Bonchev–Trinajstić information content (AvgIpc) is 3.24. The monoisotopic (exact) mass is 398 g/mol. The summed E-state index contributed by atoms with van der Waals surface area (Å²) in [6, 6.07) is 2.46. The summed E-state index contributed by atoms with van der Waals surface area (Å²) in [6.07, 6.45) is 5.49. The summed E-state index contributed by atoms with van der Waals surface area (Å²) in [5, 5.41) is 0. The standard InChI is InChI=1S/C19H24F2N2O3S/c20-16-3-4-18(17(21)12-16)27(25,26)23-7-5-22(6-8-23)19(24)11-15-10-13-1-2-14(15)9-13/h3-4,12-15H,1-2,5-11H2/t13-,14+,15+/m0/s1. The quantitative estimate of drug-likeness (QED) is 0.784. The lowest BCUT2D eigenvalue weighted by atomic mass is 9.86. The second kappa shape index (κ2) is 7.13. The maximum Gasteiger partial charge on any atom is 0.246 e. The molecule has 5 nitrogen and oxygen atoms in total.